The van der Waals surface area contributed by atoms with E-state index in [9.17, 15) is 13.6 Å². The smallest absolute Gasteiger partial charge is 0.332 e. The fourth-order valence-electron chi connectivity index (χ4n) is 2.56. The first kappa shape index (κ1) is 18.0. The van der Waals surface area contributed by atoms with Crippen LogP contribution in [0.2, 0.25) is 0 Å². The summed E-state index contributed by atoms with van der Waals surface area (Å²) in [4.78, 5) is 19.6. The molecule has 1 aromatic rings. The Balaban J connectivity index is 2.54. The predicted molar refractivity (Wildman–Crippen MR) is 87.1 cm³/mol. The van der Waals surface area contributed by atoms with Gasteiger partial charge in [-0.3, -0.25) is 9.78 Å². The molecule has 2 unspecified atom stereocenters. The Morgan fingerprint density at radius 1 is 1.46 bits per heavy atom. The highest BCUT2D eigenvalue weighted by Gasteiger charge is 2.22. The predicted octanol–water partition coefficient (Wildman–Crippen LogP) is 1.83. The van der Waals surface area contributed by atoms with Crippen molar-refractivity contribution in [1.82, 2.24) is 10.3 Å². The summed E-state index contributed by atoms with van der Waals surface area (Å²) in [5.41, 5.74) is 12.5. The maximum atomic E-state index is 12.9. The molecule has 0 spiro atoms. The fraction of sp³-hybridized carbons (Fsp3) is 0.438. The lowest BCUT2D eigenvalue weighted by Crippen LogP contribution is -2.34. The Bertz CT molecular complexity index is 660. The number of amides is 1. The Labute approximate surface area is 139 Å². The van der Waals surface area contributed by atoms with Crippen LogP contribution >= 0.6 is 0 Å². The summed E-state index contributed by atoms with van der Waals surface area (Å²) in [6.45, 7) is -1.20. The zero-order chi connectivity index (χ0) is 17.7. The minimum Gasteiger partial charge on any atom is -0.403 e. The molecular weight excluding hydrogens is 316 g/mol. The molecule has 8 heteroatoms. The van der Waals surface area contributed by atoms with Crippen molar-refractivity contribution in [3.8, 4) is 0 Å². The van der Waals surface area contributed by atoms with Gasteiger partial charge in [-0.25, -0.2) is 4.99 Å². The second-order valence-corrected chi connectivity index (χ2v) is 5.74. The standard InChI is InChI=1S/C16H21F2N5O/c1-9-3-2-4-11(20)10-5-6-21-12(7-10)14(23-16(17)18)13(8-19)22-15(9)24/h5-9,11,16H,2-4,19-20H2,1H3,(H,22,24). The van der Waals surface area contributed by atoms with E-state index in [2.05, 4.69) is 15.3 Å². The summed E-state index contributed by atoms with van der Waals surface area (Å²) in [5, 5.41) is 2.57. The average molecular weight is 337 g/mol. The fourth-order valence-corrected chi connectivity index (χ4v) is 2.56. The van der Waals surface area contributed by atoms with E-state index in [0.29, 0.717) is 12.8 Å². The lowest BCUT2D eigenvalue weighted by Gasteiger charge is -2.19. The second kappa shape index (κ2) is 7.96. The highest BCUT2D eigenvalue weighted by atomic mass is 19.3. The van der Waals surface area contributed by atoms with Crippen molar-refractivity contribution < 1.29 is 13.6 Å². The van der Waals surface area contributed by atoms with Crippen molar-refractivity contribution in [1.29, 1.82) is 0 Å². The van der Waals surface area contributed by atoms with Gasteiger partial charge in [0.2, 0.25) is 5.91 Å². The third kappa shape index (κ3) is 4.35. The molecule has 1 aromatic heterocycles. The minimum atomic E-state index is -2.96. The van der Waals surface area contributed by atoms with Crippen LogP contribution in [0.1, 0.15) is 43.5 Å². The number of nitrogens with zero attached hydrogens (tertiary/aromatic N) is 2. The van der Waals surface area contributed by atoms with Crippen LogP contribution in [-0.4, -0.2) is 23.2 Å². The number of hydrogen-bond acceptors (Lipinski definition) is 5. The lowest BCUT2D eigenvalue weighted by atomic mass is 9.96. The van der Waals surface area contributed by atoms with Gasteiger partial charge in [-0.15, -0.1) is 0 Å². The van der Waals surface area contributed by atoms with Gasteiger partial charge in [0, 0.05) is 24.4 Å². The highest BCUT2D eigenvalue weighted by molar-refractivity contribution is 6.13. The van der Waals surface area contributed by atoms with Gasteiger partial charge in [0.15, 0.2) is 0 Å². The number of carbonyl (C=O) groups is 1. The number of allylic oxidation sites excluding steroid dienone is 1. The first-order chi connectivity index (χ1) is 11.4. The largest absolute Gasteiger partial charge is 0.403 e. The Morgan fingerprint density at radius 2 is 2.21 bits per heavy atom. The zero-order valence-corrected chi connectivity index (χ0v) is 13.4. The molecule has 1 amide bonds. The van der Waals surface area contributed by atoms with Gasteiger partial charge in [0.25, 0.3) is 0 Å². The van der Waals surface area contributed by atoms with E-state index in [1.807, 2.05) is 0 Å². The maximum absolute atomic E-state index is 12.9. The number of carbonyl (C=O) groups excluding carboxylic acids is 1. The molecule has 5 N–H and O–H groups in total. The van der Waals surface area contributed by atoms with E-state index in [4.69, 9.17) is 11.5 Å². The number of aromatic nitrogens is 1. The molecule has 0 saturated carbocycles. The van der Waals surface area contributed by atoms with E-state index < -0.39 is 6.55 Å². The van der Waals surface area contributed by atoms with E-state index in [1.54, 1.807) is 19.1 Å². The number of aliphatic imine (C=N–C) groups is 1. The van der Waals surface area contributed by atoms with Crippen molar-refractivity contribution in [2.45, 2.75) is 38.8 Å². The number of rotatable bonds is 1. The van der Waals surface area contributed by atoms with Gasteiger partial charge in [-0.1, -0.05) is 13.3 Å². The summed E-state index contributed by atoms with van der Waals surface area (Å²) in [7, 11) is 0. The van der Waals surface area contributed by atoms with Crippen LogP contribution in [0.5, 0.6) is 0 Å². The Kier molecular flexibility index (Phi) is 5.97. The van der Waals surface area contributed by atoms with E-state index in [-0.39, 0.29) is 35.0 Å². The molecule has 0 aliphatic carbocycles. The van der Waals surface area contributed by atoms with Crippen LogP contribution in [0.3, 0.4) is 0 Å². The quantitative estimate of drug-likeness (QED) is 0.680. The molecule has 0 fully saturated rings. The number of nitrogens with one attached hydrogen (secondary N) is 1. The SMILES string of the molecule is CC1CCCC(N)c2ccnc(c2)C(=NC(F)F)C(=CN)NC1=O. The monoisotopic (exact) mass is 337 g/mol. The van der Waals surface area contributed by atoms with Crippen LogP contribution in [0.4, 0.5) is 8.78 Å². The molecule has 2 heterocycles. The van der Waals surface area contributed by atoms with Gasteiger partial charge in [-0.2, -0.15) is 8.78 Å². The number of hydrogen-bond donors (Lipinski definition) is 3. The Hall–Kier alpha value is -2.35. The van der Waals surface area contributed by atoms with Gasteiger partial charge in [-0.05, 0) is 30.5 Å². The lowest BCUT2D eigenvalue weighted by molar-refractivity contribution is -0.123. The van der Waals surface area contributed by atoms with Crippen LogP contribution in [0.15, 0.2) is 35.2 Å². The summed E-state index contributed by atoms with van der Waals surface area (Å²) in [5.74, 6) is -0.607. The molecule has 0 radical (unpaired) electrons. The molecule has 1 aliphatic rings. The van der Waals surface area contributed by atoms with Crippen molar-refractivity contribution in [2.24, 2.45) is 22.4 Å². The van der Waals surface area contributed by atoms with Crippen molar-refractivity contribution in [3.63, 3.8) is 0 Å². The molecule has 2 rings (SSSR count). The first-order valence-corrected chi connectivity index (χ1v) is 7.73. The highest BCUT2D eigenvalue weighted by Crippen LogP contribution is 2.21. The van der Waals surface area contributed by atoms with E-state index in [1.165, 1.54) is 6.20 Å². The first-order valence-electron chi connectivity index (χ1n) is 7.73. The van der Waals surface area contributed by atoms with E-state index >= 15 is 0 Å². The number of fused-ring (bicyclic) bond motifs is 2. The maximum Gasteiger partial charge on any atom is 0.332 e. The number of alkyl halides is 2. The molecule has 2 bridgehead atoms. The van der Waals surface area contributed by atoms with Crippen molar-refractivity contribution in [3.05, 3.63) is 41.5 Å². The minimum absolute atomic E-state index is 0.00550. The van der Waals surface area contributed by atoms with Crippen molar-refractivity contribution >= 4 is 11.6 Å². The average Bonchev–Trinajstić information content (AvgIpc) is 2.56. The van der Waals surface area contributed by atoms with E-state index in [0.717, 1.165) is 18.2 Å². The van der Waals surface area contributed by atoms with Crippen molar-refractivity contribution in [2.75, 3.05) is 0 Å². The van der Waals surface area contributed by atoms with Gasteiger partial charge < -0.3 is 16.8 Å². The summed E-state index contributed by atoms with van der Waals surface area (Å²) >= 11 is 0. The summed E-state index contributed by atoms with van der Waals surface area (Å²) in [6, 6.07) is 3.08. The van der Waals surface area contributed by atoms with Gasteiger partial charge >= 0.3 is 6.55 Å². The molecule has 2 atom stereocenters. The number of halogens is 2. The van der Waals surface area contributed by atoms with Crippen LogP contribution < -0.4 is 16.8 Å². The normalized spacial score (nSPS) is 26.1. The molecule has 6 nitrogen and oxygen atoms in total. The van der Waals surface area contributed by atoms with Crippen LogP contribution in [-0.2, 0) is 4.79 Å². The summed E-state index contributed by atoms with van der Waals surface area (Å²) in [6.07, 6.45) is 4.62. The van der Waals surface area contributed by atoms with Gasteiger partial charge in [0.1, 0.15) is 5.71 Å². The molecule has 130 valence electrons. The third-order valence-corrected chi connectivity index (χ3v) is 3.96. The van der Waals surface area contributed by atoms with Gasteiger partial charge in [0.05, 0.1) is 11.4 Å². The number of nitrogens with two attached hydrogens (primary N) is 2. The molecular formula is C16H21F2N5O. The topological polar surface area (TPSA) is 106 Å². The second-order valence-electron chi connectivity index (χ2n) is 5.74. The van der Waals surface area contributed by atoms with Crippen LogP contribution in [0, 0.1) is 5.92 Å². The molecule has 0 aromatic carbocycles. The molecule has 1 aliphatic heterocycles. The van der Waals surface area contributed by atoms with Crippen LogP contribution in [0.25, 0.3) is 0 Å². The molecule has 24 heavy (non-hydrogen) atoms. The summed E-state index contributed by atoms with van der Waals surface area (Å²) < 4.78 is 25.8. The number of pyridine rings is 1. The zero-order valence-electron chi connectivity index (χ0n) is 13.4. The Morgan fingerprint density at radius 3 is 2.88 bits per heavy atom. The third-order valence-electron chi connectivity index (χ3n) is 3.96. The molecule has 0 saturated heterocycles.